The number of methoxy groups -OCH3 is 2. The zero-order chi connectivity index (χ0) is 23.7. The van der Waals surface area contributed by atoms with Gasteiger partial charge in [0.05, 0.1) is 14.2 Å². The fourth-order valence-corrected chi connectivity index (χ4v) is 4.36. The molecule has 1 aromatic heterocycles. The number of rotatable bonds is 7. The molecule has 0 bridgehead atoms. The first kappa shape index (κ1) is 21.9. The molecule has 1 heterocycles. The molecule has 4 aromatic rings. The predicted octanol–water partition coefficient (Wildman–Crippen LogP) is 4.95. The lowest BCUT2D eigenvalue weighted by molar-refractivity contribution is -0.117. The van der Waals surface area contributed by atoms with Gasteiger partial charge in [0.25, 0.3) is 0 Å². The molecule has 172 valence electrons. The van der Waals surface area contributed by atoms with Crippen LogP contribution in [-0.4, -0.2) is 40.8 Å². The van der Waals surface area contributed by atoms with Crippen LogP contribution in [0.3, 0.4) is 0 Å². The van der Waals surface area contributed by atoms with Crippen LogP contribution in [-0.2, 0) is 4.79 Å². The van der Waals surface area contributed by atoms with Crippen molar-refractivity contribution in [3.8, 4) is 34.0 Å². The number of benzene rings is 3. The van der Waals surface area contributed by atoms with Gasteiger partial charge in [-0.05, 0) is 70.6 Å². The van der Waals surface area contributed by atoms with Crippen LogP contribution in [0, 0.1) is 5.92 Å². The Hall–Kier alpha value is -3.91. The molecule has 1 aliphatic carbocycles. The number of hydrogen-bond acceptors (Lipinski definition) is 6. The highest BCUT2D eigenvalue weighted by molar-refractivity contribution is 6.30. The number of aromatic amines is 1. The van der Waals surface area contributed by atoms with Crippen LogP contribution in [0.4, 0.5) is 5.69 Å². The minimum Gasteiger partial charge on any atom is -0.493 e. The summed E-state index contributed by atoms with van der Waals surface area (Å²) in [5.74, 6) is 1.73. The van der Waals surface area contributed by atoms with Crippen molar-refractivity contribution in [2.75, 3.05) is 19.5 Å². The number of nitrogens with zero attached hydrogens (tertiary/aromatic N) is 3. The summed E-state index contributed by atoms with van der Waals surface area (Å²) in [7, 11) is 3.19. The Morgan fingerprint density at radius 2 is 1.88 bits per heavy atom. The molecule has 5 rings (SSSR count). The molecule has 0 aliphatic heterocycles. The van der Waals surface area contributed by atoms with Gasteiger partial charge in [-0.2, -0.15) is 5.21 Å². The van der Waals surface area contributed by atoms with Crippen molar-refractivity contribution in [2.24, 2.45) is 5.92 Å². The fraction of sp³-hybridized carbons (Fsp3) is 0.200. The predicted molar refractivity (Wildman–Crippen MR) is 129 cm³/mol. The molecule has 1 amide bonds. The largest absolute Gasteiger partial charge is 0.493 e. The molecular formula is C25H22ClN5O3. The number of H-pyrrole nitrogens is 1. The number of nitrogens with one attached hydrogen (secondary N) is 2. The highest BCUT2D eigenvalue weighted by Crippen LogP contribution is 2.48. The number of carbonyl (C=O) groups excluding carboxylic acids is 1. The van der Waals surface area contributed by atoms with Crippen LogP contribution in [0.1, 0.15) is 17.9 Å². The Balaban J connectivity index is 1.42. The molecule has 0 spiro atoms. The van der Waals surface area contributed by atoms with Gasteiger partial charge in [0, 0.05) is 22.2 Å². The van der Waals surface area contributed by atoms with Gasteiger partial charge in [0.15, 0.2) is 11.5 Å². The first-order chi connectivity index (χ1) is 16.6. The minimum atomic E-state index is -0.0855. The second kappa shape index (κ2) is 9.15. The van der Waals surface area contributed by atoms with Crippen molar-refractivity contribution in [3.05, 3.63) is 71.2 Å². The molecule has 0 unspecified atom stereocenters. The quantitative estimate of drug-likeness (QED) is 0.392. The summed E-state index contributed by atoms with van der Waals surface area (Å²) in [6, 6.07) is 19.0. The van der Waals surface area contributed by atoms with Crippen molar-refractivity contribution in [1.29, 1.82) is 0 Å². The van der Waals surface area contributed by atoms with Crippen LogP contribution in [0.2, 0.25) is 5.02 Å². The Morgan fingerprint density at radius 3 is 2.62 bits per heavy atom. The Morgan fingerprint density at radius 1 is 1.03 bits per heavy atom. The van der Waals surface area contributed by atoms with Crippen molar-refractivity contribution < 1.29 is 14.3 Å². The Labute approximate surface area is 201 Å². The van der Waals surface area contributed by atoms with Gasteiger partial charge in [0.2, 0.25) is 11.7 Å². The number of hydrogen-bond donors (Lipinski definition) is 2. The van der Waals surface area contributed by atoms with Gasteiger partial charge >= 0.3 is 0 Å². The second-order valence-electron chi connectivity index (χ2n) is 8.06. The maximum absolute atomic E-state index is 12.9. The zero-order valence-corrected chi connectivity index (χ0v) is 19.3. The fourth-order valence-electron chi connectivity index (χ4n) is 4.16. The van der Waals surface area contributed by atoms with Crippen molar-refractivity contribution >= 4 is 23.2 Å². The second-order valence-corrected chi connectivity index (χ2v) is 8.49. The molecule has 9 heteroatoms. The monoisotopic (exact) mass is 475 g/mol. The minimum absolute atomic E-state index is 0.0251. The summed E-state index contributed by atoms with van der Waals surface area (Å²) in [6.45, 7) is 0. The third kappa shape index (κ3) is 4.32. The van der Waals surface area contributed by atoms with Gasteiger partial charge in [-0.3, -0.25) is 4.79 Å². The van der Waals surface area contributed by atoms with Gasteiger partial charge in [-0.1, -0.05) is 35.9 Å². The lowest BCUT2D eigenvalue weighted by Gasteiger charge is -2.13. The van der Waals surface area contributed by atoms with Gasteiger partial charge in [-0.25, -0.2) is 0 Å². The third-order valence-corrected chi connectivity index (χ3v) is 6.21. The average molecular weight is 476 g/mol. The number of aromatic nitrogens is 4. The number of amides is 1. The summed E-state index contributed by atoms with van der Waals surface area (Å²) >= 11 is 6.11. The topological polar surface area (TPSA) is 102 Å². The molecule has 2 N–H and O–H groups in total. The van der Waals surface area contributed by atoms with E-state index in [2.05, 4.69) is 25.9 Å². The number of ether oxygens (including phenoxy) is 2. The molecule has 34 heavy (non-hydrogen) atoms. The van der Waals surface area contributed by atoms with E-state index in [4.69, 9.17) is 21.1 Å². The summed E-state index contributed by atoms with van der Waals surface area (Å²) in [4.78, 5) is 12.9. The lowest BCUT2D eigenvalue weighted by atomic mass is 9.98. The van der Waals surface area contributed by atoms with Crippen LogP contribution in [0.5, 0.6) is 11.5 Å². The Bertz CT molecular complexity index is 1340. The highest BCUT2D eigenvalue weighted by Gasteiger charge is 2.44. The summed E-state index contributed by atoms with van der Waals surface area (Å²) in [5.41, 5.74) is 4.22. The Kier molecular flexibility index (Phi) is 5.90. The first-order valence-electron chi connectivity index (χ1n) is 10.7. The smallest absolute Gasteiger partial charge is 0.228 e. The molecule has 2 atom stereocenters. The van der Waals surface area contributed by atoms with Gasteiger partial charge in [0.1, 0.15) is 0 Å². The molecule has 1 saturated carbocycles. The van der Waals surface area contributed by atoms with E-state index in [-0.39, 0.29) is 17.7 Å². The number of tetrazole rings is 1. The average Bonchev–Trinajstić information content (AvgIpc) is 3.48. The first-order valence-corrected chi connectivity index (χ1v) is 11.1. The summed E-state index contributed by atoms with van der Waals surface area (Å²) in [6.07, 6.45) is 0.799. The number of carbonyl (C=O) groups is 1. The van der Waals surface area contributed by atoms with E-state index in [1.54, 1.807) is 14.2 Å². The molecule has 3 aromatic carbocycles. The standard InChI is InChI=1S/C25H22ClN5O3/c1-33-22-9-6-15(11-23(22)34-2)18-8-7-17(12-20(18)24-28-30-31-29-24)27-25(32)21-13-19(21)14-4-3-5-16(26)10-14/h3-12,19,21H,13H2,1-2H3,(H,27,32)(H,28,29,30,31)/t19-,21+/m0/s1. The molecule has 8 nitrogen and oxygen atoms in total. The molecular weight excluding hydrogens is 454 g/mol. The van der Waals surface area contributed by atoms with E-state index in [1.807, 2.05) is 60.7 Å². The van der Waals surface area contributed by atoms with E-state index in [0.717, 1.165) is 28.7 Å². The van der Waals surface area contributed by atoms with Gasteiger partial charge in [-0.15, -0.1) is 10.2 Å². The van der Waals surface area contributed by atoms with Crippen LogP contribution in [0.15, 0.2) is 60.7 Å². The zero-order valence-electron chi connectivity index (χ0n) is 18.6. The van der Waals surface area contributed by atoms with Crippen molar-refractivity contribution in [3.63, 3.8) is 0 Å². The van der Waals surface area contributed by atoms with E-state index >= 15 is 0 Å². The molecule has 0 radical (unpaired) electrons. The maximum Gasteiger partial charge on any atom is 0.228 e. The lowest BCUT2D eigenvalue weighted by Crippen LogP contribution is -2.14. The molecule has 1 fully saturated rings. The third-order valence-electron chi connectivity index (χ3n) is 5.97. The summed E-state index contributed by atoms with van der Waals surface area (Å²) < 4.78 is 10.8. The highest BCUT2D eigenvalue weighted by atomic mass is 35.5. The van der Waals surface area contributed by atoms with Crippen molar-refractivity contribution in [2.45, 2.75) is 12.3 Å². The number of anilines is 1. The van der Waals surface area contributed by atoms with E-state index in [0.29, 0.717) is 28.0 Å². The molecule has 1 aliphatic rings. The van der Waals surface area contributed by atoms with Crippen molar-refractivity contribution in [1.82, 2.24) is 20.6 Å². The van der Waals surface area contributed by atoms with Crippen LogP contribution in [0.25, 0.3) is 22.5 Å². The van der Waals surface area contributed by atoms with E-state index < -0.39 is 0 Å². The van der Waals surface area contributed by atoms with Gasteiger partial charge < -0.3 is 14.8 Å². The van der Waals surface area contributed by atoms with Crippen LogP contribution >= 0.6 is 11.6 Å². The van der Waals surface area contributed by atoms with Crippen LogP contribution < -0.4 is 14.8 Å². The number of halogens is 1. The van der Waals surface area contributed by atoms with E-state index in [1.165, 1.54) is 0 Å². The van der Waals surface area contributed by atoms with E-state index in [9.17, 15) is 4.79 Å². The normalized spacial score (nSPS) is 16.7. The maximum atomic E-state index is 12.9. The summed E-state index contributed by atoms with van der Waals surface area (Å²) in [5, 5.41) is 18.2. The molecule has 0 saturated heterocycles. The SMILES string of the molecule is COc1ccc(-c2ccc(NC(=O)[C@@H]3C[C@H]3c3cccc(Cl)c3)cc2-c2nn[nH]n2)cc1OC.